The van der Waals surface area contributed by atoms with E-state index in [1.165, 1.54) is 0 Å². The second-order valence-corrected chi connectivity index (χ2v) is 2.00. The molecule has 0 N–H and O–H groups in total. The summed E-state index contributed by atoms with van der Waals surface area (Å²) >= 11 is 0. The Morgan fingerprint density at radius 1 is 1.10 bits per heavy atom. The first-order chi connectivity index (χ1) is 3.88. The Balaban J connectivity index is 0.000000810. The van der Waals surface area contributed by atoms with Gasteiger partial charge in [0.15, 0.2) is 6.17 Å². The van der Waals surface area contributed by atoms with E-state index in [-0.39, 0.29) is 4.70 Å². The van der Waals surface area contributed by atoms with Gasteiger partial charge in [-0.3, -0.25) is 4.70 Å². The van der Waals surface area contributed by atoms with Gasteiger partial charge in [0.2, 0.25) is 0 Å². The lowest BCUT2D eigenvalue weighted by molar-refractivity contribution is -0.313. The van der Waals surface area contributed by atoms with Crippen LogP contribution in [0.4, 0.5) is 26.7 Å². The van der Waals surface area contributed by atoms with Gasteiger partial charge in [-0.2, -0.15) is 17.6 Å². The first kappa shape index (κ1) is 9.58. The van der Waals surface area contributed by atoms with Crippen molar-refractivity contribution in [3.8, 4) is 0 Å². The third kappa shape index (κ3) is 0.856. The van der Waals surface area contributed by atoms with Crippen molar-refractivity contribution in [1.29, 1.82) is 0 Å². The molecule has 0 aromatic carbocycles. The molecule has 0 amide bonds. The summed E-state index contributed by atoms with van der Waals surface area (Å²) in [6.45, 7) is 0. The molecule has 0 heterocycles. The predicted molar refractivity (Wildman–Crippen MR) is 21.9 cm³/mol. The van der Waals surface area contributed by atoms with E-state index < -0.39 is 24.4 Å². The van der Waals surface area contributed by atoms with Crippen LogP contribution in [-0.4, -0.2) is 18.0 Å². The normalized spacial score (nSPS) is 33.9. The lowest BCUT2D eigenvalue weighted by Crippen LogP contribution is -2.60. The zero-order chi connectivity index (χ0) is 7.28. The molecule has 6 heteroatoms. The van der Waals surface area contributed by atoms with Gasteiger partial charge in [0.1, 0.15) is 0 Å². The molecule has 1 aliphatic carbocycles. The van der Waals surface area contributed by atoms with E-state index in [0.29, 0.717) is 0 Å². The standard InChI is InChI=1S/C4H3F5.FH/c5-2-1-3(6,7)4(2,8)9;/h2H,1H2;1H. The number of hydrogen-bond donors (Lipinski definition) is 0. The summed E-state index contributed by atoms with van der Waals surface area (Å²) in [5.74, 6) is -8.54. The van der Waals surface area contributed by atoms with Crippen molar-refractivity contribution < 1.29 is 26.7 Å². The molecular formula is C4H4F6. The summed E-state index contributed by atoms with van der Waals surface area (Å²) in [6, 6.07) is 0. The SMILES string of the molecule is F.FC1CC(F)(F)C1(F)F. The van der Waals surface area contributed by atoms with Crippen LogP contribution in [0, 0.1) is 0 Å². The van der Waals surface area contributed by atoms with E-state index in [1.54, 1.807) is 0 Å². The second-order valence-electron chi connectivity index (χ2n) is 2.00. The van der Waals surface area contributed by atoms with Gasteiger partial charge in [-0.1, -0.05) is 0 Å². The molecule has 0 aromatic heterocycles. The molecule has 0 spiro atoms. The summed E-state index contributed by atoms with van der Waals surface area (Å²) in [5, 5.41) is 0. The van der Waals surface area contributed by atoms with Gasteiger partial charge in [0.25, 0.3) is 0 Å². The number of hydrogen-bond acceptors (Lipinski definition) is 0. The minimum Gasteiger partial charge on any atom is -0.269 e. The largest absolute Gasteiger partial charge is 0.340 e. The molecule has 1 atom stereocenters. The Morgan fingerprint density at radius 2 is 1.50 bits per heavy atom. The first-order valence-corrected chi connectivity index (χ1v) is 2.27. The van der Waals surface area contributed by atoms with E-state index in [1.807, 2.05) is 0 Å². The molecular weight excluding hydrogens is 162 g/mol. The molecule has 0 aliphatic heterocycles. The molecule has 1 aliphatic rings. The van der Waals surface area contributed by atoms with Crippen molar-refractivity contribution in [3.63, 3.8) is 0 Å². The third-order valence-electron chi connectivity index (χ3n) is 1.32. The Kier molecular flexibility index (Phi) is 1.95. The lowest BCUT2D eigenvalue weighted by atomic mass is 9.87. The molecule has 0 bridgehead atoms. The fourth-order valence-corrected chi connectivity index (χ4v) is 0.587. The highest BCUT2D eigenvalue weighted by atomic mass is 19.3. The third-order valence-corrected chi connectivity index (χ3v) is 1.32. The van der Waals surface area contributed by atoms with Gasteiger partial charge < -0.3 is 0 Å². The van der Waals surface area contributed by atoms with Gasteiger partial charge in [-0.05, 0) is 0 Å². The maximum absolute atomic E-state index is 11.6. The molecule has 1 rings (SSSR count). The van der Waals surface area contributed by atoms with E-state index >= 15 is 0 Å². The van der Waals surface area contributed by atoms with Crippen LogP contribution in [0.1, 0.15) is 6.42 Å². The van der Waals surface area contributed by atoms with Crippen LogP contribution in [0.2, 0.25) is 0 Å². The zero-order valence-electron chi connectivity index (χ0n) is 4.58. The molecule has 0 aromatic rings. The van der Waals surface area contributed by atoms with Gasteiger partial charge >= 0.3 is 11.8 Å². The highest BCUT2D eigenvalue weighted by Crippen LogP contribution is 2.52. The van der Waals surface area contributed by atoms with Gasteiger partial charge in [-0.15, -0.1) is 0 Å². The lowest BCUT2D eigenvalue weighted by Gasteiger charge is -2.38. The van der Waals surface area contributed by atoms with Crippen LogP contribution in [-0.2, 0) is 0 Å². The zero-order valence-corrected chi connectivity index (χ0v) is 4.58. The van der Waals surface area contributed by atoms with Crippen molar-refractivity contribution >= 4 is 0 Å². The summed E-state index contributed by atoms with van der Waals surface area (Å²) in [5.41, 5.74) is 0. The molecule has 1 unspecified atom stereocenters. The Morgan fingerprint density at radius 3 is 1.50 bits per heavy atom. The van der Waals surface area contributed by atoms with Crippen molar-refractivity contribution in [3.05, 3.63) is 0 Å². The fourth-order valence-electron chi connectivity index (χ4n) is 0.587. The summed E-state index contributed by atoms with van der Waals surface area (Å²) in [4.78, 5) is 0. The molecule has 0 saturated heterocycles. The van der Waals surface area contributed by atoms with Crippen LogP contribution in [0.15, 0.2) is 0 Å². The van der Waals surface area contributed by atoms with E-state index in [0.717, 1.165) is 0 Å². The minimum absolute atomic E-state index is 0. The highest BCUT2D eigenvalue weighted by molar-refractivity contribution is 5.03. The van der Waals surface area contributed by atoms with Crippen LogP contribution in [0.3, 0.4) is 0 Å². The Bertz CT molecular complexity index is 130. The average Bonchev–Trinajstić information content (AvgIpc) is 1.65. The number of halogens is 6. The van der Waals surface area contributed by atoms with Crippen molar-refractivity contribution in [2.24, 2.45) is 0 Å². The van der Waals surface area contributed by atoms with Crippen LogP contribution in [0.5, 0.6) is 0 Å². The van der Waals surface area contributed by atoms with Crippen molar-refractivity contribution in [2.75, 3.05) is 0 Å². The maximum Gasteiger partial charge on any atom is 0.340 e. The number of rotatable bonds is 0. The van der Waals surface area contributed by atoms with Gasteiger partial charge in [0, 0.05) is 0 Å². The topological polar surface area (TPSA) is 0 Å². The van der Waals surface area contributed by atoms with Gasteiger partial charge in [0.05, 0.1) is 6.42 Å². The Labute approximate surface area is 52.4 Å². The monoisotopic (exact) mass is 166 g/mol. The molecule has 10 heavy (non-hydrogen) atoms. The molecule has 1 saturated carbocycles. The smallest absolute Gasteiger partial charge is 0.269 e. The Hall–Kier alpha value is -0.420. The molecule has 0 radical (unpaired) electrons. The molecule has 62 valence electrons. The number of alkyl halides is 5. The maximum atomic E-state index is 11.6. The first-order valence-electron chi connectivity index (χ1n) is 2.27. The van der Waals surface area contributed by atoms with E-state index in [4.69, 9.17) is 0 Å². The molecule has 0 nitrogen and oxygen atoms in total. The van der Waals surface area contributed by atoms with Crippen LogP contribution >= 0.6 is 0 Å². The van der Waals surface area contributed by atoms with Crippen LogP contribution in [0.25, 0.3) is 0 Å². The quantitative estimate of drug-likeness (QED) is 0.483. The summed E-state index contributed by atoms with van der Waals surface area (Å²) in [6.07, 6.45) is -4.01. The van der Waals surface area contributed by atoms with Crippen LogP contribution < -0.4 is 0 Å². The van der Waals surface area contributed by atoms with Crippen molar-refractivity contribution in [2.45, 2.75) is 24.4 Å². The predicted octanol–water partition coefficient (Wildman–Crippen LogP) is 2.15. The van der Waals surface area contributed by atoms with E-state index in [2.05, 4.69) is 0 Å². The fraction of sp³-hybridized carbons (Fsp3) is 1.00. The summed E-state index contributed by atoms with van der Waals surface area (Å²) in [7, 11) is 0. The van der Waals surface area contributed by atoms with Crippen molar-refractivity contribution in [1.82, 2.24) is 0 Å². The van der Waals surface area contributed by atoms with Gasteiger partial charge in [-0.25, -0.2) is 4.39 Å². The highest BCUT2D eigenvalue weighted by Gasteiger charge is 2.72. The minimum atomic E-state index is -4.42. The summed E-state index contributed by atoms with van der Waals surface area (Å²) < 4.78 is 57.9. The average molecular weight is 166 g/mol. The molecule has 1 fully saturated rings. The second kappa shape index (κ2) is 2.03. The van der Waals surface area contributed by atoms with E-state index in [9.17, 15) is 22.0 Å².